The summed E-state index contributed by atoms with van der Waals surface area (Å²) >= 11 is 0. The van der Waals surface area contributed by atoms with Crippen molar-refractivity contribution in [2.45, 2.75) is 13.3 Å². The Kier molecular flexibility index (Phi) is 2.21. The van der Waals surface area contributed by atoms with Gasteiger partial charge in [-0.25, -0.2) is 5.43 Å². The lowest BCUT2D eigenvalue weighted by molar-refractivity contribution is -0.121. The summed E-state index contributed by atoms with van der Waals surface area (Å²) in [5, 5.41) is 5.33. The molecule has 0 saturated heterocycles. The summed E-state index contributed by atoms with van der Waals surface area (Å²) in [6, 6.07) is 8.10. The highest BCUT2D eigenvalue weighted by Crippen LogP contribution is 2.23. The fourth-order valence-corrected chi connectivity index (χ4v) is 2.26. The molecule has 0 aliphatic carbocycles. The number of nitrogens with zero attached hydrogens (tertiary/aromatic N) is 1. The molecular formula is C13H13N3O. The van der Waals surface area contributed by atoms with Gasteiger partial charge in [0.05, 0.1) is 5.71 Å². The molecule has 1 atom stereocenters. The summed E-state index contributed by atoms with van der Waals surface area (Å²) in [5.74, 6) is 0.143. The highest BCUT2D eigenvalue weighted by atomic mass is 16.2. The van der Waals surface area contributed by atoms with Crippen molar-refractivity contribution in [3.8, 4) is 0 Å². The topological polar surface area (TPSA) is 57.2 Å². The van der Waals surface area contributed by atoms with E-state index in [9.17, 15) is 4.79 Å². The fraction of sp³-hybridized carbons (Fsp3) is 0.231. The number of aromatic amines is 1. The third-order valence-electron chi connectivity index (χ3n) is 3.12. The van der Waals surface area contributed by atoms with Crippen molar-refractivity contribution in [3.63, 3.8) is 0 Å². The number of para-hydroxylation sites is 1. The molecular weight excluding hydrogens is 214 g/mol. The summed E-state index contributed by atoms with van der Waals surface area (Å²) in [7, 11) is 0. The lowest BCUT2D eigenvalue weighted by Gasteiger charge is -2.18. The van der Waals surface area contributed by atoms with Crippen LogP contribution in [0.15, 0.2) is 35.6 Å². The molecule has 1 aromatic heterocycles. The lowest BCUT2D eigenvalue weighted by atomic mass is 9.94. The zero-order valence-corrected chi connectivity index (χ0v) is 9.53. The first-order valence-corrected chi connectivity index (χ1v) is 5.68. The third kappa shape index (κ3) is 1.62. The quantitative estimate of drug-likeness (QED) is 0.769. The van der Waals surface area contributed by atoms with Crippen molar-refractivity contribution in [1.82, 2.24) is 10.4 Å². The lowest BCUT2D eigenvalue weighted by Crippen LogP contribution is -2.31. The average Bonchev–Trinajstić information content (AvgIpc) is 2.73. The molecule has 86 valence electrons. The number of aromatic nitrogens is 1. The summed E-state index contributed by atoms with van der Waals surface area (Å²) < 4.78 is 0. The Morgan fingerprint density at radius 3 is 3.00 bits per heavy atom. The second kappa shape index (κ2) is 3.73. The molecule has 0 radical (unpaired) electrons. The minimum absolute atomic E-state index is 0.0129. The van der Waals surface area contributed by atoms with Gasteiger partial charge in [-0.2, -0.15) is 5.10 Å². The van der Waals surface area contributed by atoms with Crippen molar-refractivity contribution < 1.29 is 4.79 Å². The number of hydrogen-bond donors (Lipinski definition) is 2. The van der Waals surface area contributed by atoms with E-state index >= 15 is 0 Å². The van der Waals surface area contributed by atoms with Crippen LogP contribution in [0.5, 0.6) is 0 Å². The molecule has 2 aromatic rings. The summed E-state index contributed by atoms with van der Waals surface area (Å²) in [6.07, 6.45) is 2.45. The number of benzene rings is 1. The minimum Gasteiger partial charge on any atom is -0.360 e. The van der Waals surface area contributed by atoms with E-state index in [1.54, 1.807) is 0 Å². The van der Waals surface area contributed by atoms with Gasteiger partial charge in [0.25, 0.3) is 0 Å². The maximum absolute atomic E-state index is 11.2. The molecule has 17 heavy (non-hydrogen) atoms. The first kappa shape index (κ1) is 10.1. The highest BCUT2D eigenvalue weighted by Gasteiger charge is 2.23. The van der Waals surface area contributed by atoms with Crippen molar-refractivity contribution in [3.05, 3.63) is 36.0 Å². The van der Waals surface area contributed by atoms with Crippen LogP contribution in [0.2, 0.25) is 0 Å². The van der Waals surface area contributed by atoms with E-state index in [1.807, 2.05) is 31.3 Å². The number of H-pyrrole nitrogens is 1. The second-order valence-electron chi connectivity index (χ2n) is 4.39. The van der Waals surface area contributed by atoms with Crippen LogP contribution in [-0.4, -0.2) is 16.6 Å². The normalized spacial score (nSPS) is 20.2. The number of carbonyl (C=O) groups excluding carboxylic acids is 1. The number of fused-ring (bicyclic) bond motifs is 1. The van der Waals surface area contributed by atoms with E-state index in [0.29, 0.717) is 6.42 Å². The number of amides is 1. The van der Waals surface area contributed by atoms with Crippen molar-refractivity contribution in [2.24, 2.45) is 11.0 Å². The van der Waals surface area contributed by atoms with Crippen LogP contribution in [0.3, 0.4) is 0 Å². The number of hydrazone groups is 1. The summed E-state index contributed by atoms with van der Waals surface area (Å²) in [4.78, 5) is 14.4. The van der Waals surface area contributed by atoms with Gasteiger partial charge in [0.1, 0.15) is 0 Å². The molecule has 1 unspecified atom stereocenters. The maximum Gasteiger partial charge on any atom is 0.240 e. The molecule has 1 amide bonds. The molecule has 2 N–H and O–H groups in total. The Morgan fingerprint density at radius 1 is 1.35 bits per heavy atom. The van der Waals surface area contributed by atoms with E-state index in [1.165, 1.54) is 0 Å². The number of carbonyl (C=O) groups is 1. The molecule has 4 heteroatoms. The van der Waals surface area contributed by atoms with Gasteiger partial charge in [0.15, 0.2) is 0 Å². The minimum atomic E-state index is -0.0129. The molecule has 0 spiro atoms. The largest absolute Gasteiger partial charge is 0.360 e. The monoisotopic (exact) mass is 227 g/mol. The predicted molar refractivity (Wildman–Crippen MR) is 66.8 cm³/mol. The van der Waals surface area contributed by atoms with Crippen LogP contribution in [0.25, 0.3) is 10.9 Å². The average molecular weight is 227 g/mol. The Balaban J connectivity index is 2.13. The number of rotatable bonds is 1. The molecule has 0 saturated carbocycles. The van der Waals surface area contributed by atoms with Gasteiger partial charge >= 0.3 is 0 Å². The zero-order chi connectivity index (χ0) is 11.8. The first-order valence-electron chi connectivity index (χ1n) is 5.68. The predicted octanol–water partition coefficient (Wildman–Crippen LogP) is 2.03. The number of hydrogen-bond acceptors (Lipinski definition) is 2. The van der Waals surface area contributed by atoms with Gasteiger partial charge in [-0.05, 0) is 6.07 Å². The van der Waals surface area contributed by atoms with Crippen LogP contribution < -0.4 is 5.43 Å². The molecule has 0 bridgehead atoms. The molecule has 0 fully saturated rings. The van der Waals surface area contributed by atoms with Gasteiger partial charge in [0, 0.05) is 35.0 Å². The van der Waals surface area contributed by atoms with E-state index in [-0.39, 0.29) is 11.8 Å². The Hall–Kier alpha value is -2.10. The summed E-state index contributed by atoms with van der Waals surface area (Å²) in [5.41, 5.74) is 5.67. The van der Waals surface area contributed by atoms with E-state index < -0.39 is 0 Å². The van der Waals surface area contributed by atoms with Gasteiger partial charge in [-0.15, -0.1) is 0 Å². The molecule has 3 rings (SSSR count). The number of nitrogens with one attached hydrogen (secondary N) is 2. The molecule has 1 aromatic carbocycles. The molecule has 4 nitrogen and oxygen atoms in total. The SMILES string of the molecule is CC1CC(=O)NN=C1c1c[nH]c2ccccc12. The zero-order valence-electron chi connectivity index (χ0n) is 9.53. The van der Waals surface area contributed by atoms with Crippen molar-refractivity contribution >= 4 is 22.5 Å². The maximum atomic E-state index is 11.2. The third-order valence-corrected chi connectivity index (χ3v) is 3.12. The van der Waals surface area contributed by atoms with Crippen LogP contribution in [0, 0.1) is 5.92 Å². The Labute approximate surface area is 98.7 Å². The van der Waals surface area contributed by atoms with Crippen LogP contribution in [-0.2, 0) is 4.79 Å². The Morgan fingerprint density at radius 2 is 2.18 bits per heavy atom. The smallest absolute Gasteiger partial charge is 0.240 e. The summed E-state index contributed by atoms with van der Waals surface area (Å²) in [6.45, 7) is 2.03. The van der Waals surface area contributed by atoms with Crippen LogP contribution in [0.4, 0.5) is 0 Å². The van der Waals surface area contributed by atoms with Gasteiger partial charge in [0.2, 0.25) is 5.91 Å². The van der Waals surface area contributed by atoms with Gasteiger partial charge in [-0.1, -0.05) is 25.1 Å². The molecule has 2 heterocycles. The molecule has 1 aliphatic heterocycles. The van der Waals surface area contributed by atoms with E-state index in [0.717, 1.165) is 22.2 Å². The second-order valence-corrected chi connectivity index (χ2v) is 4.39. The molecule has 1 aliphatic rings. The van der Waals surface area contributed by atoms with Crippen molar-refractivity contribution in [1.29, 1.82) is 0 Å². The highest BCUT2D eigenvalue weighted by molar-refractivity contribution is 6.13. The first-order chi connectivity index (χ1) is 8.25. The fourth-order valence-electron chi connectivity index (χ4n) is 2.26. The van der Waals surface area contributed by atoms with Crippen LogP contribution in [0.1, 0.15) is 18.9 Å². The van der Waals surface area contributed by atoms with E-state index in [2.05, 4.69) is 21.6 Å². The van der Waals surface area contributed by atoms with Gasteiger partial charge < -0.3 is 4.98 Å². The Bertz CT molecular complexity index is 612. The van der Waals surface area contributed by atoms with E-state index in [4.69, 9.17) is 0 Å². The van der Waals surface area contributed by atoms with Crippen LogP contribution >= 0.6 is 0 Å². The van der Waals surface area contributed by atoms with Gasteiger partial charge in [-0.3, -0.25) is 4.79 Å². The van der Waals surface area contributed by atoms with Crippen molar-refractivity contribution in [2.75, 3.05) is 0 Å². The standard InChI is InChI=1S/C13H13N3O/c1-8-6-12(17)15-16-13(8)10-7-14-11-5-3-2-4-9(10)11/h2-5,7-8,14H,6H2,1H3,(H,15,17).